The lowest BCUT2D eigenvalue weighted by atomic mass is 9.65. The molecule has 4 heteroatoms. The fourth-order valence-corrected chi connectivity index (χ4v) is 4.72. The Hall–Kier alpha value is -2.00. The van der Waals surface area contributed by atoms with E-state index in [-0.39, 0.29) is 17.2 Å². The highest BCUT2D eigenvalue weighted by molar-refractivity contribution is 6.30. The van der Waals surface area contributed by atoms with Crippen LogP contribution in [0.25, 0.3) is 0 Å². The van der Waals surface area contributed by atoms with Gasteiger partial charge in [-0.05, 0) is 74.4 Å². The van der Waals surface area contributed by atoms with Gasteiger partial charge in [-0.3, -0.25) is 4.79 Å². The van der Waals surface area contributed by atoms with Crippen LogP contribution in [-0.4, -0.2) is 12.5 Å². The van der Waals surface area contributed by atoms with Crippen LogP contribution in [0, 0.1) is 18.8 Å². The Labute approximate surface area is 166 Å². The number of rotatable bonds is 3. The summed E-state index contributed by atoms with van der Waals surface area (Å²) >= 11 is 5.91. The number of amides is 1. The third kappa shape index (κ3) is 3.58. The summed E-state index contributed by atoms with van der Waals surface area (Å²) in [6, 6.07) is 13.9. The molecule has 1 N–H and O–H groups in total. The van der Waals surface area contributed by atoms with Gasteiger partial charge in [-0.2, -0.15) is 0 Å². The molecule has 27 heavy (non-hydrogen) atoms. The lowest BCUT2D eigenvalue weighted by Crippen LogP contribution is -2.37. The monoisotopic (exact) mass is 383 g/mol. The molecule has 0 saturated heterocycles. The summed E-state index contributed by atoms with van der Waals surface area (Å²) in [6.45, 7) is 4.94. The molecule has 3 nitrogen and oxygen atoms in total. The van der Waals surface area contributed by atoms with Crippen molar-refractivity contribution in [2.45, 2.75) is 44.9 Å². The lowest BCUT2D eigenvalue weighted by Gasteiger charge is -2.38. The topological polar surface area (TPSA) is 38.3 Å². The standard InChI is InChI=1S/C23H26ClNO2/c1-15-3-8-20-21(13-15)27-14-23(20)11-9-17(10-12-23)16(2)22(26)25-19-6-4-18(24)5-7-19/h3-8,13,16-17H,9-12,14H2,1-2H3,(H,25,26). The van der Waals surface area contributed by atoms with Crippen molar-refractivity contribution in [3.05, 3.63) is 58.6 Å². The predicted molar refractivity (Wildman–Crippen MR) is 110 cm³/mol. The molecule has 1 amide bonds. The van der Waals surface area contributed by atoms with E-state index in [2.05, 4.69) is 37.4 Å². The van der Waals surface area contributed by atoms with Crippen LogP contribution in [0.2, 0.25) is 5.02 Å². The van der Waals surface area contributed by atoms with Crippen LogP contribution in [0.1, 0.15) is 43.7 Å². The van der Waals surface area contributed by atoms with Crippen LogP contribution < -0.4 is 10.1 Å². The first kappa shape index (κ1) is 18.4. The SMILES string of the molecule is Cc1ccc2c(c1)OCC21CCC(C(C)C(=O)Nc2ccc(Cl)cc2)CC1. The minimum absolute atomic E-state index is 0.00200. The molecule has 1 aliphatic heterocycles. The zero-order chi connectivity index (χ0) is 19.0. The maximum absolute atomic E-state index is 12.7. The van der Waals surface area contributed by atoms with Crippen LogP contribution in [-0.2, 0) is 10.2 Å². The molecule has 1 atom stereocenters. The number of nitrogens with one attached hydrogen (secondary N) is 1. The smallest absolute Gasteiger partial charge is 0.227 e. The number of aryl methyl sites for hydroxylation is 1. The molecule has 1 saturated carbocycles. The number of ether oxygens (including phenoxy) is 1. The maximum atomic E-state index is 12.7. The normalized spacial score (nSPS) is 24.9. The summed E-state index contributed by atoms with van der Waals surface area (Å²) in [5.74, 6) is 1.56. The Morgan fingerprint density at radius 2 is 1.89 bits per heavy atom. The van der Waals surface area contributed by atoms with Crippen molar-refractivity contribution in [2.24, 2.45) is 11.8 Å². The summed E-state index contributed by atoms with van der Waals surface area (Å²) in [4.78, 5) is 12.7. The number of fused-ring (bicyclic) bond motifs is 2. The van der Waals surface area contributed by atoms with Crippen LogP contribution >= 0.6 is 11.6 Å². The quantitative estimate of drug-likeness (QED) is 0.733. The maximum Gasteiger partial charge on any atom is 0.227 e. The van der Waals surface area contributed by atoms with Gasteiger partial charge in [-0.15, -0.1) is 0 Å². The fourth-order valence-electron chi connectivity index (χ4n) is 4.59. The summed E-state index contributed by atoms with van der Waals surface area (Å²) in [6.07, 6.45) is 4.30. The molecule has 1 unspecified atom stereocenters. The number of benzene rings is 2. The van der Waals surface area contributed by atoms with Crippen LogP contribution in [0.15, 0.2) is 42.5 Å². The molecule has 0 radical (unpaired) electrons. The van der Waals surface area contributed by atoms with Gasteiger partial charge in [-0.25, -0.2) is 0 Å². The molecule has 0 bridgehead atoms. The van der Waals surface area contributed by atoms with Crippen molar-refractivity contribution in [1.82, 2.24) is 0 Å². The zero-order valence-corrected chi connectivity index (χ0v) is 16.7. The average Bonchev–Trinajstić information content (AvgIpc) is 3.01. The van der Waals surface area contributed by atoms with Crippen molar-refractivity contribution in [1.29, 1.82) is 0 Å². The Bertz CT molecular complexity index is 838. The molecule has 4 rings (SSSR count). The van der Waals surface area contributed by atoms with Crippen molar-refractivity contribution < 1.29 is 9.53 Å². The fraction of sp³-hybridized carbons (Fsp3) is 0.435. The van der Waals surface area contributed by atoms with Gasteiger partial charge in [0.2, 0.25) is 5.91 Å². The van der Waals surface area contributed by atoms with Crippen LogP contribution in [0.5, 0.6) is 5.75 Å². The number of carbonyl (C=O) groups excluding carboxylic acids is 1. The number of hydrogen-bond donors (Lipinski definition) is 1. The molecule has 142 valence electrons. The molecule has 0 aromatic heterocycles. The lowest BCUT2D eigenvalue weighted by molar-refractivity contribution is -0.121. The molecule has 2 aromatic carbocycles. The summed E-state index contributed by atoms with van der Waals surface area (Å²) in [5.41, 5.74) is 3.56. The second kappa shape index (κ2) is 7.20. The Morgan fingerprint density at radius 3 is 2.59 bits per heavy atom. The van der Waals surface area contributed by atoms with Gasteiger partial charge in [0, 0.05) is 27.6 Å². The first-order valence-corrected chi connectivity index (χ1v) is 10.1. The van der Waals surface area contributed by atoms with Crippen molar-refractivity contribution in [3.8, 4) is 5.75 Å². The minimum atomic E-state index is -0.00200. The Kier molecular flexibility index (Phi) is 4.90. The number of hydrogen-bond acceptors (Lipinski definition) is 2. The van der Waals surface area contributed by atoms with E-state index in [1.807, 2.05) is 12.1 Å². The van der Waals surface area contributed by atoms with E-state index in [0.717, 1.165) is 43.7 Å². The van der Waals surface area contributed by atoms with Gasteiger partial charge in [0.05, 0.1) is 6.61 Å². The van der Waals surface area contributed by atoms with E-state index in [1.54, 1.807) is 12.1 Å². The van der Waals surface area contributed by atoms with Crippen molar-refractivity contribution in [2.75, 3.05) is 11.9 Å². The first-order chi connectivity index (χ1) is 13.0. The van der Waals surface area contributed by atoms with E-state index < -0.39 is 0 Å². The molecule has 1 heterocycles. The van der Waals surface area contributed by atoms with Gasteiger partial charge < -0.3 is 10.1 Å². The van der Waals surface area contributed by atoms with Crippen molar-refractivity contribution >= 4 is 23.2 Å². The third-order valence-electron chi connectivity index (χ3n) is 6.43. The summed E-state index contributed by atoms with van der Waals surface area (Å²) in [5, 5.41) is 3.70. The highest BCUT2D eigenvalue weighted by Crippen LogP contribution is 2.50. The van der Waals surface area contributed by atoms with Gasteiger partial charge in [0.1, 0.15) is 5.75 Å². The molecule has 1 fully saturated rings. The van der Waals surface area contributed by atoms with Crippen LogP contribution in [0.4, 0.5) is 5.69 Å². The average molecular weight is 384 g/mol. The third-order valence-corrected chi connectivity index (χ3v) is 6.68. The van der Waals surface area contributed by atoms with Gasteiger partial charge in [-0.1, -0.05) is 30.7 Å². The van der Waals surface area contributed by atoms with Crippen LogP contribution in [0.3, 0.4) is 0 Å². The van der Waals surface area contributed by atoms with Gasteiger partial charge in [0.15, 0.2) is 0 Å². The second-order valence-electron chi connectivity index (χ2n) is 8.19. The zero-order valence-electron chi connectivity index (χ0n) is 15.9. The molecular formula is C23H26ClNO2. The summed E-state index contributed by atoms with van der Waals surface area (Å²) < 4.78 is 6.01. The number of halogens is 1. The Balaban J connectivity index is 1.39. The number of carbonyl (C=O) groups is 1. The second-order valence-corrected chi connectivity index (χ2v) is 8.63. The van der Waals surface area contributed by atoms with E-state index >= 15 is 0 Å². The Morgan fingerprint density at radius 1 is 1.19 bits per heavy atom. The highest BCUT2D eigenvalue weighted by atomic mass is 35.5. The van der Waals surface area contributed by atoms with Gasteiger partial charge in [0.25, 0.3) is 0 Å². The van der Waals surface area contributed by atoms with E-state index in [0.29, 0.717) is 10.9 Å². The molecule has 1 spiro atoms. The number of anilines is 1. The molecular weight excluding hydrogens is 358 g/mol. The van der Waals surface area contributed by atoms with E-state index in [4.69, 9.17) is 16.3 Å². The summed E-state index contributed by atoms with van der Waals surface area (Å²) in [7, 11) is 0. The highest BCUT2D eigenvalue weighted by Gasteiger charge is 2.44. The van der Waals surface area contributed by atoms with E-state index in [9.17, 15) is 4.79 Å². The molecule has 2 aromatic rings. The molecule has 2 aliphatic rings. The molecule has 1 aliphatic carbocycles. The first-order valence-electron chi connectivity index (χ1n) is 9.77. The van der Waals surface area contributed by atoms with E-state index in [1.165, 1.54) is 11.1 Å². The van der Waals surface area contributed by atoms with Crippen molar-refractivity contribution in [3.63, 3.8) is 0 Å². The van der Waals surface area contributed by atoms with Gasteiger partial charge >= 0.3 is 0 Å². The minimum Gasteiger partial charge on any atom is -0.492 e. The predicted octanol–water partition coefficient (Wildman–Crippen LogP) is 5.74. The largest absolute Gasteiger partial charge is 0.492 e.